The van der Waals surface area contributed by atoms with Crippen molar-refractivity contribution in [1.82, 2.24) is 9.80 Å². The average Bonchev–Trinajstić information content (AvgIpc) is 2.83. The summed E-state index contributed by atoms with van der Waals surface area (Å²) >= 11 is 0. The number of benzene rings is 2. The SMILES string of the molecule is CO[C@H]1CCCN2C(=O)c3cccc(c3)OCCN(Cc3cccc(F)c3F)CCCC[C@@H]12. The van der Waals surface area contributed by atoms with Gasteiger partial charge in [0.2, 0.25) is 0 Å². The van der Waals surface area contributed by atoms with Gasteiger partial charge in [-0.1, -0.05) is 24.6 Å². The molecule has 2 aliphatic rings. The summed E-state index contributed by atoms with van der Waals surface area (Å²) < 4.78 is 39.6. The highest BCUT2D eigenvalue weighted by atomic mass is 19.2. The first-order chi connectivity index (χ1) is 16.1. The standard InChI is InChI=1S/C26H32F2N2O3/c1-32-24-12-6-14-30-23(24)11-2-3-13-29(18-20-8-5-10-22(27)25(20)28)15-16-33-21-9-4-7-19(17-21)26(30)31/h4-5,7-10,17,23-24H,2-3,6,11-16,18H2,1H3/t23-,24-/m0/s1. The molecule has 0 saturated carbocycles. The summed E-state index contributed by atoms with van der Waals surface area (Å²) in [6.45, 7) is 2.75. The third-order valence-corrected chi connectivity index (χ3v) is 6.69. The predicted octanol–water partition coefficient (Wildman–Crippen LogP) is 4.65. The van der Waals surface area contributed by atoms with Crippen molar-refractivity contribution in [2.75, 3.05) is 33.4 Å². The third kappa shape index (κ3) is 5.71. The maximum absolute atomic E-state index is 14.3. The fourth-order valence-electron chi connectivity index (χ4n) is 4.94. The number of ether oxygens (including phenoxy) is 2. The Hall–Kier alpha value is -2.51. The maximum atomic E-state index is 14.3. The molecule has 2 heterocycles. The molecule has 0 aliphatic carbocycles. The molecule has 0 spiro atoms. The fourth-order valence-corrected chi connectivity index (χ4v) is 4.94. The van der Waals surface area contributed by atoms with Crippen LogP contribution in [-0.2, 0) is 11.3 Å². The van der Waals surface area contributed by atoms with Crippen LogP contribution in [0.5, 0.6) is 5.75 Å². The smallest absolute Gasteiger partial charge is 0.254 e. The molecule has 2 aromatic rings. The lowest BCUT2D eigenvalue weighted by Gasteiger charge is -2.41. The number of amides is 1. The summed E-state index contributed by atoms with van der Waals surface area (Å²) in [6.07, 6.45) is 4.53. The van der Waals surface area contributed by atoms with Gasteiger partial charge < -0.3 is 14.4 Å². The van der Waals surface area contributed by atoms with E-state index in [1.165, 1.54) is 0 Å². The number of hydrogen-bond donors (Lipinski definition) is 0. The minimum absolute atomic E-state index is 0.0208. The lowest BCUT2D eigenvalue weighted by Crippen LogP contribution is -2.51. The molecule has 0 radical (unpaired) electrons. The van der Waals surface area contributed by atoms with Crippen molar-refractivity contribution in [3.63, 3.8) is 0 Å². The quantitative estimate of drug-likeness (QED) is 0.672. The lowest BCUT2D eigenvalue weighted by atomic mass is 9.93. The van der Waals surface area contributed by atoms with Crippen LogP contribution >= 0.6 is 0 Å². The maximum Gasteiger partial charge on any atom is 0.254 e. The molecule has 0 N–H and O–H groups in total. The monoisotopic (exact) mass is 458 g/mol. The third-order valence-electron chi connectivity index (χ3n) is 6.69. The van der Waals surface area contributed by atoms with Gasteiger partial charge in [0.25, 0.3) is 5.91 Å². The van der Waals surface area contributed by atoms with Crippen LogP contribution in [0.4, 0.5) is 8.78 Å². The van der Waals surface area contributed by atoms with Crippen LogP contribution in [0.1, 0.15) is 48.0 Å². The first-order valence-electron chi connectivity index (χ1n) is 11.8. The first-order valence-corrected chi connectivity index (χ1v) is 11.8. The van der Waals surface area contributed by atoms with Gasteiger partial charge in [-0.15, -0.1) is 0 Å². The zero-order chi connectivity index (χ0) is 23.2. The van der Waals surface area contributed by atoms with Crippen molar-refractivity contribution in [2.24, 2.45) is 0 Å². The number of hydrogen-bond acceptors (Lipinski definition) is 4. The second-order valence-electron chi connectivity index (χ2n) is 8.84. The van der Waals surface area contributed by atoms with E-state index < -0.39 is 11.6 Å². The molecule has 2 atom stereocenters. The summed E-state index contributed by atoms with van der Waals surface area (Å²) in [5.41, 5.74) is 0.964. The van der Waals surface area contributed by atoms with Crippen LogP contribution in [0.3, 0.4) is 0 Å². The molecule has 2 aromatic carbocycles. The van der Waals surface area contributed by atoms with Gasteiger partial charge in [0.05, 0.1) is 12.1 Å². The highest BCUT2D eigenvalue weighted by molar-refractivity contribution is 5.95. The lowest BCUT2D eigenvalue weighted by molar-refractivity contribution is -0.0156. The number of rotatable bonds is 3. The van der Waals surface area contributed by atoms with Gasteiger partial charge >= 0.3 is 0 Å². The molecular formula is C26H32F2N2O3. The second-order valence-corrected chi connectivity index (χ2v) is 8.84. The van der Waals surface area contributed by atoms with Gasteiger partial charge in [0.1, 0.15) is 12.4 Å². The normalized spacial score (nSPS) is 22.9. The van der Waals surface area contributed by atoms with Crippen molar-refractivity contribution >= 4 is 5.91 Å². The number of piperidine rings is 1. The number of nitrogens with zero attached hydrogens (tertiary/aromatic N) is 2. The molecule has 178 valence electrons. The van der Waals surface area contributed by atoms with Gasteiger partial charge in [-0.05, 0) is 56.5 Å². The van der Waals surface area contributed by atoms with Gasteiger partial charge in [-0.2, -0.15) is 0 Å². The molecule has 33 heavy (non-hydrogen) atoms. The largest absolute Gasteiger partial charge is 0.492 e. The summed E-state index contributed by atoms with van der Waals surface area (Å²) in [7, 11) is 1.72. The minimum atomic E-state index is -0.824. The number of carbonyl (C=O) groups is 1. The Morgan fingerprint density at radius 2 is 1.88 bits per heavy atom. The number of halogens is 2. The van der Waals surface area contributed by atoms with Crippen LogP contribution in [0, 0.1) is 11.6 Å². The van der Waals surface area contributed by atoms with E-state index in [1.807, 2.05) is 23.1 Å². The van der Waals surface area contributed by atoms with Crippen LogP contribution in [0.15, 0.2) is 42.5 Å². The Morgan fingerprint density at radius 1 is 1.03 bits per heavy atom. The molecule has 0 aromatic heterocycles. The van der Waals surface area contributed by atoms with Crippen molar-refractivity contribution in [2.45, 2.75) is 50.8 Å². The van der Waals surface area contributed by atoms with Crippen molar-refractivity contribution in [3.8, 4) is 5.75 Å². The first kappa shape index (κ1) is 23.6. The zero-order valence-electron chi connectivity index (χ0n) is 19.1. The van der Waals surface area contributed by atoms with Crippen molar-refractivity contribution in [1.29, 1.82) is 0 Å². The Labute approximate surface area is 194 Å². The van der Waals surface area contributed by atoms with Gasteiger partial charge in [-0.25, -0.2) is 8.78 Å². The molecule has 2 aliphatic heterocycles. The Balaban J connectivity index is 1.55. The molecule has 2 bridgehead atoms. The van der Waals surface area contributed by atoms with Crippen LogP contribution in [-0.4, -0.2) is 61.2 Å². The van der Waals surface area contributed by atoms with Crippen molar-refractivity contribution < 1.29 is 23.0 Å². The zero-order valence-corrected chi connectivity index (χ0v) is 19.1. The molecule has 0 unspecified atom stereocenters. The van der Waals surface area contributed by atoms with E-state index in [1.54, 1.807) is 25.3 Å². The van der Waals surface area contributed by atoms with E-state index in [9.17, 15) is 13.6 Å². The number of fused-ring (bicyclic) bond motifs is 3. The fraction of sp³-hybridized carbons (Fsp3) is 0.500. The molecule has 4 rings (SSSR count). The Morgan fingerprint density at radius 3 is 2.73 bits per heavy atom. The number of carbonyl (C=O) groups excluding carboxylic acids is 1. The summed E-state index contributed by atoms with van der Waals surface area (Å²) in [4.78, 5) is 17.4. The van der Waals surface area contributed by atoms with Crippen LogP contribution < -0.4 is 4.74 Å². The summed E-state index contributed by atoms with van der Waals surface area (Å²) in [5.74, 6) is -0.959. The van der Waals surface area contributed by atoms with Crippen LogP contribution in [0.2, 0.25) is 0 Å². The number of methoxy groups -OCH3 is 1. The van der Waals surface area contributed by atoms with E-state index in [4.69, 9.17) is 9.47 Å². The highest BCUT2D eigenvalue weighted by Crippen LogP contribution is 2.27. The average molecular weight is 459 g/mol. The second kappa shape index (κ2) is 11.1. The van der Waals surface area contributed by atoms with E-state index in [0.29, 0.717) is 36.6 Å². The molecule has 5 nitrogen and oxygen atoms in total. The molecule has 1 amide bonds. The molecule has 7 heteroatoms. The van der Waals surface area contributed by atoms with E-state index in [-0.39, 0.29) is 18.1 Å². The molecular weight excluding hydrogens is 426 g/mol. The highest BCUT2D eigenvalue weighted by Gasteiger charge is 2.34. The topological polar surface area (TPSA) is 42.0 Å². The van der Waals surface area contributed by atoms with Gasteiger partial charge in [0.15, 0.2) is 11.6 Å². The summed E-state index contributed by atoms with van der Waals surface area (Å²) in [6, 6.07) is 11.6. The Bertz CT molecular complexity index is 955. The van der Waals surface area contributed by atoms with E-state index in [2.05, 4.69) is 4.90 Å². The van der Waals surface area contributed by atoms with Gasteiger partial charge in [-0.3, -0.25) is 9.69 Å². The van der Waals surface area contributed by atoms with Crippen molar-refractivity contribution in [3.05, 3.63) is 65.2 Å². The Kier molecular flexibility index (Phi) is 7.93. The molecule has 1 fully saturated rings. The van der Waals surface area contributed by atoms with Crippen LogP contribution in [0.25, 0.3) is 0 Å². The minimum Gasteiger partial charge on any atom is -0.492 e. The van der Waals surface area contributed by atoms with Gasteiger partial charge in [0, 0.05) is 37.9 Å². The predicted molar refractivity (Wildman–Crippen MR) is 122 cm³/mol. The van der Waals surface area contributed by atoms with E-state index >= 15 is 0 Å². The summed E-state index contributed by atoms with van der Waals surface area (Å²) in [5, 5.41) is 0. The molecule has 1 saturated heterocycles. The van der Waals surface area contributed by atoms with E-state index in [0.717, 1.165) is 51.3 Å².